The molecule has 1 heteroatoms. The summed E-state index contributed by atoms with van der Waals surface area (Å²) in [6.45, 7) is 6.64. The molecule has 0 atom stereocenters. The van der Waals surface area contributed by atoms with Crippen molar-refractivity contribution in [2.75, 3.05) is 0 Å². The van der Waals surface area contributed by atoms with Crippen LogP contribution in [-0.2, 0) is 24.2 Å². The van der Waals surface area contributed by atoms with Crippen LogP contribution in [0.3, 0.4) is 0 Å². The molecule has 0 saturated carbocycles. The molecule has 5 aromatic carbocycles. The summed E-state index contributed by atoms with van der Waals surface area (Å²) < 4.78 is 1.42. The van der Waals surface area contributed by atoms with Gasteiger partial charge in [0.1, 0.15) is 0 Å². The molecule has 0 fully saturated rings. The topological polar surface area (TPSA) is 0 Å². The molecule has 1 aliphatic rings. The van der Waals surface area contributed by atoms with Gasteiger partial charge in [-0.1, -0.05) is 57.2 Å². The van der Waals surface area contributed by atoms with E-state index in [1.54, 1.807) is 0 Å². The van der Waals surface area contributed by atoms with Gasteiger partial charge < -0.3 is 0 Å². The van der Waals surface area contributed by atoms with E-state index in [4.69, 9.17) is 0 Å². The molecule has 36 heavy (non-hydrogen) atoms. The summed E-state index contributed by atoms with van der Waals surface area (Å²) in [4.78, 5) is 0. The number of hydrogen-bond acceptors (Lipinski definition) is 0. The van der Waals surface area contributed by atoms with Gasteiger partial charge in [0.05, 0.1) is 0 Å². The molecule has 0 radical (unpaired) electrons. The molecule has 0 spiro atoms. The normalized spacial score (nSPS) is 12.4. The Kier molecular flexibility index (Phi) is 8.90. The minimum Gasteiger partial charge on any atom is -0.126 e. The fraction of sp³-hybridized carbons (Fsp3) is 0.143. The van der Waals surface area contributed by atoms with Gasteiger partial charge >= 0.3 is 99.2 Å². The maximum Gasteiger partial charge on any atom is -0.0771 e. The smallest absolute Gasteiger partial charge is 0.0771 e. The van der Waals surface area contributed by atoms with Crippen LogP contribution in [0.2, 0.25) is 0 Å². The van der Waals surface area contributed by atoms with Crippen molar-refractivity contribution in [3.05, 3.63) is 150 Å². The fourth-order valence-electron chi connectivity index (χ4n) is 4.20. The van der Waals surface area contributed by atoms with Gasteiger partial charge in [0.25, 0.3) is 0 Å². The molecule has 1 aliphatic carbocycles. The minimum absolute atomic E-state index is 0.299. The standard InChI is InChI=1S/C13H9.C13H10.C9H13.Zr/c1-3-7-12-10(5-1)9-11-6-2-4-8-13(11)12;1-3-7-12(8-4-1)11-13-9-5-2-6-10-13;1-9(2,3)8-6-4-5-7-8;/h1-9H;1-10H;4,6H,5H2,1-3H3;/q-1;;-1;+2. The van der Waals surface area contributed by atoms with Crippen LogP contribution in [0.1, 0.15) is 38.3 Å². The summed E-state index contributed by atoms with van der Waals surface area (Å²) in [7, 11) is 0. The average molecular weight is 544 g/mol. The van der Waals surface area contributed by atoms with E-state index >= 15 is 0 Å². The van der Waals surface area contributed by atoms with Crippen molar-refractivity contribution in [2.45, 2.75) is 27.2 Å². The molecule has 176 valence electrons. The third-order valence-corrected chi connectivity index (χ3v) is 7.57. The summed E-state index contributed by atoms with van der Waals surface area (Å²) >= 11 is 1.46. The summed E-state index contributed by atoms with van der Waals surface area (Å²) in [5.74, 6) is 0. The molecule has 0 aromatic heterocycles. The molecule has 0 aliphatic heterocycles. The molecule has 5 aromatic rings. The largest absolute Gasteiger partial charge is 0.126 e. The first-order valence-electron chi connectivity index (χ1n) is 12.4. The first-order valence-corrected chi connectivity index (χ1v) is 13.7. The maximum absolute atomic E-state index is 3.30. The monoisotopic (exact) mass is 542 g/mol. The Morgan fingerprint density at radius 1 is 0.667 bits per heavy atom. The van der Waals surface area contributed by atoms with E-state index in [1.807, 2.05) is 0 Å². The Labute approximate surface area is 230 Å². The second-order valence-electron chi connectivity index (χ2n) is 9.87. The van der Waals surface area contributed by atoms with Gasteiger partial charge in [0.2, 0.25) is 0 Å². The van der Waals surface area contributed by atoms with Crippen LogP contribution in [-0.4, -0.2) is 3.21 Å². The van der Waals surface area contributed by atoms with Gasteiger partial charge in [0.15, 0.2) is 0 Å². The van der Waals surface area contributed by atoms with Crippen molar-refractivity contribution in [1.82, 2.24) is 0 Å². The SMILES string of the molecule is CC(C)(C)C1=[C-]CC=C1.[Zr+2]=[C](c1ccccc1)c1ccccc1.c1ccc2c(c1)[cH-]c1ccccc12. The third-order valence-electron chi connectivity index (χ3n) is 6.15. The van der Waals surface area contributed by atoms with Gasteiger partial charge in [-0.25, -0.2) is 11.6 Å². The molecule has 0 nitrogen and oxygen atoms in total. The zero-order chi connectivity index (χ0) is 25.4. The first-order chi connectivity index (χ1) is 17.4. The van der Waals surface area contributed by atoms with Crippen LogP contribution in [0.4, 0.5) is 0 Å². The second-order valence-corrected chi connectivity index (χ2v) is 11.1. The van der Waals surface area contributed by atoms with Gasteiger partial charge in [0, 0.05) is 0 Å². The quantitative estimate of drug-likeness (QED) is 0.195. The van der Waals surface area contributed by atoms with E-state index in [-0.39, 0.29) is 0 Å². The van der Waals surface area contributed by atoms with Crippen LogP contribution < -0.4 is 0 Å². The van der Waals surface area contributed by atoms with Crippen LogP contribution in [0.15, 0.2) is 133 Å². The van der Waals surface area contributed by atoms with E-state index in [1.165, 1.54) is 65.7 Å². The summed E-state index contributed by atoms with van der Waals surface area (Å²) in [5, 5.41) is 5.39. The van der Waals surface area contributed by atoms with Crippen molar-refractivity contribution in [2.24, 2.45) is 5.41 Å². The van der Waals surface area contributed by atoms with Gasteiger partial charge in [-0.3, -0.25) is 6.08 Å². The molecule has 0 unspecified atom stereocenters. The van der Waals surface area contributed by atoms with Crippen LogP contribution >= 0.6 is 0 Å². The predicted octanol–water partition coefficient (Wildman–Crippen LogP) is 9.24. The average Bonchev–Trinajstić information content (AvgIpc) is 3.59. The molecular weight excluding hydrogens is 512 g/mol. The van der Waals surface area contributed by atoms with E-state index < -0.39 is 0 Å². The van der Waals surface area contributed by atoms with Crippen molar-refractivity contribution in [1.29, 1.82) is 0 Å². The Morgan fingerprint density at radius 3 is 1.50 bits per heavy atom. The third kappa shape index (κ3) is 6.80. The predicted molar refractivity (Wildman–Crippen MR) is 153 cm³/mol. The molecule has 0 saturated heterocycles. The maximum atomic E-state index is 3.30. The number of allylic oxidation sites excluding steroid dienone is 4. The summed E-state index contributed by atoms with van der Waals surface area (Å²) in [6.07, 6.45) is 8.63. The van der Waals surface area contributed by atoms with E-state index in [2.05, 4.69) is 154 Å². The number of hydrogen-bond donors (Lipinski definition) is 0. The van der Waals surface area contributed by atoms with Gasteiger partial charge in [-0.05, 0) is 5.41 Å². The minimum atomic E-state index is 0.299. The second kappa shape index (κ2) is 12.3. The molecule has 6 rings (SSSR count). The first kappa shape index (κ1) is 26.1. The van der Waals surface area contributed by atoms with Crippen molar-refractivity contribution in [3.8, 4) is 0 Å². The Balaban J connectivity index is 0.000000130. The molecule has 0 amide bonds. The van der Waals surface area contributed by atoms with Crippen molar-refractivity contribution >= 4 is 24.8 Å². The van der Waals surface area contributed by atoms with Crippen LogP contribution in [0.25, 0.3) is 21.5 Å². The van der Waals surface area contributed by atoms with Crippen LogP contribution in [0.5, 0.6) is 0 Å². The number of benzene rings is 4. The summed E-state index contributed by atoms with van der Waals surface area (Å²) in [6, 6.07) is 40.4. The summed E-state index contributed by atoms with van der Waals surface area (Å²) in [5.41, 5.74) is 4.31. The van der Waals surface area contributed by atoms with Crippen molar-refractivity contribution < 1.29 is 24.2 Å². The molecule has 0 bridgehead atoms. The number of fused-ring (bicyclic) bond motifs is 3. The van der Waals surface area contributed by atoms with Gasteiger partial charge in [-0.2, -0.15) is 6.08 Å². The van der Waals surface area contributed by atoms with E-state index in [9.17, 15) is 0 Å². The fourth-order valence-corrected chi connectivity index (χ4v) is 5.02. The molecule has 0 N–H and O–H groups in total. The molecular formula is C35H32Zr. The number of rotatable bonds is 2. The van der Waals surface area contributed by atoms with Gasteiger partial charge in [-0.15, -0.1) is 46.2 Å². The zero-order valence-corrected chi connectivity index (χ0v) is 23.8. The Hall–Kier alpha value is -3.02. The van der Waals surface area contributed by atoms with E-state index in [0.29, 0.717) is 5.41 Å². The van der Waals surface area contributed by atoms with Crippen molar-refractivity contribution in [3.63, 3.8) is 0 Å². The Bertz CT molecular complexity index is 1380. The zero-order valence-electron chi connectivity index (χ0n) is 21.3. The molecule has 0 heterocycles. The van der Waals surface area contributed by atoms with Crippen LogP contribution in [0, 0.1) is 11.5 Å². The van der Waals surface area contributed by atoms with E-state index in [0.717, 1.165) is 6.42 Å². The Morgan fingerprint density at radius 2 is 1.11 bits per heavy atom.